The molecule has 136 valence electrons. The van der Waals surface area contributed by atoms with Crippen molar-refractivity contribution in [1.29, 1.82) is 0 Å². The van der Waals surface area contributed by atoms with Crippen LogP contribution >= 0.6 is 0 Å². The van der Waals surface area contributed by atoms with Gasteiger partial charge in [0.05, 0.1) is 36.4 Å². The fourth-order valence-electron chi connectivity index (χ4n) is 3.51. The predicted octanol–water partition coefficient (Wildman–Crippen LogP) is 2.91. The molecule has 0 fully saturated rings. The zero-order valence-corrected chi connectivity index (χ0v) is 15.5. The van der Waals surface area contributed by atoms with Gasteiger partial charge in [-0.1, -0.05) is 12.1 Å². The minimum absolute atomic E-state index is 0.0282. The molecule has 6 heteroatoms. The third kappa shape index (κ3) is 3.20. The van der Waals surface area contributed by atoms with E-state index in [1.54, 1.807) is 25.3 Å². The number of para-hydroxylation sites is 1. The van der Waals surface area contributed by atoms with Crippen molar-refractivity contribution in [2.75, 3.05) is 13.7 Å². The lowest BCUT2D eigenvalue weighted by Gasteiger charge is -2.17. The van der Waals surface area contributed by atoms with Gasteiger partial charge in [-0.15, -0.1) is 0 Å². The zero-order valence-electron chi connectivity index (χ0n) is 15.5. The highest BCUT2D eigenvalue weighted by Crippen LogP contribution is 2.21. The van der Waals surface area contributed by atoms with Gasteiger partial charge in [-0.3, -0.25) is 14.2 Å². The highest BCUT2D eigenvalue weighted by atomic mass is 16.5. The van der Waals surface area contributed by atoms with E-state index in [4.69, 9.17) is 4.74 Å². The first-order valence-corrected chi connectivity index (χ1v) is 8.58. The van der Waals surface area contributed by atoms with Crippen molar-refractivity contribution in [2.45, 2.75) is 33.4 Å². The van der Waals surface area contributed by atoms with Crippen LogP contribution in [0.15, 0.2) is 41.5 Å². The number of benzene rings is 1. The van der Waals surface area contributed by atoms with Crippen LogP contribution in [0.2, 0.25) is 0 Å². The Balaban J connectivity index is 1.93. The average Bonchev–Trinajstić information content (AvgIpc) is 2.92. The van der Waals surface area contributed by atoms with Gasteiger partial charge in [0.25, 0.3) is 5.56 Å². The lowest BCUT2D eigenvalue weighted by molar-refractivity contribution is 0.0969. The van der Waals surface area contributed by atoms with E-state index >= 15 is 0 Å². The maximum absolute atomic E-state index is 12.8. The van der Waals surface area contributed by atoms with Gasteiger partial charge in [0, 0.05) is 24.1 Å². The summed E-state index contributed by atoms with van der Waals surface area (Å²) in [7, 11) is 1.66. The fraction of sp³-hybridized carbons (Fsp3) is 0.350. The second-order valence-electron chi connectivity index (χ2n) is 6.58. The second kappa shape index (κ2) is 7.25. The van der Waals surface area contributed by atoms with Crippen molar-refractivity contribution in [1.82, 2.24) is 14.1 Å². The molecular weight excluding hydrogens is 330 g/mol. The van der Waals surface area contributed by atoms with E-state index in [1.165, 1.54) is 10.9 Å². The van der Waals surface area contributed by atoms with Gasteiger partial charge >= 0.3 is 0 Å². The molecule has 2 heterocycles. The van der Waals surface area contributed by atoms with E-state index in [0.717, 1.165) is 11.4 Å². The summed E-state index contributed by atoms with van der Waals surface area (Å²) in [5.74, 6) is -0.104. The smallest absolute Gasteiger partial charge is 0.261 e. The molecule has 0 radical (unpaired) electrons. The summed E-state index contributed by atoms with van der Waals surface area (Å²) in [5.41, 5.74) is 2.95. The summed E-state index contributed by atoms with van der Waals surface area (Å²) in [6.07, 6.45) is 1.44. The molecular formula is C20H23N3O3. The number of carbonyl (C=O) groups is 1. The maximum Gasteiger partial charge on any atom is 0.261 e. The summed E-state index contributed by atoms with van der Waals surface area (Å²) in [6, 6.07) is 9.15. The summed E-state index contributed by atoms with van der Waals surface area (Å²) < 4.78 is 8.70. The van der Waals surface area contributed by atoms with Gasteiger partial charge in [0.1, 0.15) is 0 Å². The van der Waals surface area contributed by atoms with Crippen LogP contribution in [-0.2, 0) is 11.3 Å². The molecule has 1 atom stereocenters. The summed E-state index contributed by atoms with van der Waals surface area (Å²) in [4.78, 5) is 29.7. The Morgan fingerprint density at radius 1 is 1.27 bits per heavy atom. The van der Waals surface area contributed by atoms with Gasteiger partial charge in [-0.05, 0) is 39.0 Å². The number of ether oxygens (including phenoxy) is 1. The SMILES string of the molecule is COC[C@H](C)n1c(C)cc(C(=O)Cn2cnc3ccccc3c2=O)c1C. The first-order chi connectivity index (χ1) is 12.4. The number of fused-ring (bicyclic) bond motifs is 1. The van der Waals surface area contributed by atoms with Gasteiger partial charge in [-0.25, -0.2) is 4.98 Å². The zero-order chi connectivity index (χ0) is 18.8. The Labute approximate surface area is 152 Å². The second-order valence-corrected chi connectivity index (χ2v) is 6.58. The number of hydrogen-bond donors (Lipinski definition) is 0. The summed E-state index contributed by atoms with van der Waals surface area (Å²) in [6.45, 7) is 6.49. The third-order valence-corrected chi connectivity index (χ3v) is 4.68. The predicted molar refractivity (Wildman–Crippen MR) is 101 cm³/mol. The highest BCUT2D eigenvalue weighted by Gasteiger charge is 2.19. The number of hydrogen-bond acceptors (Lipinski definition) is 4. The molecule has 0 aliphatic rings. The lowest BCUT2D eigenvalue weighted by atomic mass is 10.1. The highest BCUT2D eigenvalue weighted by molar-refractivity contribution is 5.97. The topological polar surface area (TPSA) is 66.1 Å². The Morgan fingerprint density at radius 3 is 2.73 bits per heavy atom. The van der Waals surface area contributed by atoms with Gasteiger partial charge < -0.3 is 9.30 Å². The van der Waals surface area contributed by atoms with Gasteiger partial charge in [0.2, 0.25) is 0 Å². The number of nitrogens with zero attached hydrogens (tertiary/aromatic N) is 3. The van der Waals surface area contributed by atoms with Gasteiger partial charge in [-0.2, -0.15) is 0 Å². The maximum atomic E-state index is 12.8. The van der Waals surface area contributed by atoms with Crippen LogP contribution in [0.25, 0.3) is 10.9 Å². The fourth-order valence-corrected chi connectivity index (χ4v) is 3.51. The number of carbonyl (C=O) groups excluding carboxylic acids is 1. The largest absolute Gasteiger partial charge is 0.383 e. The van der Waals surface area contributed by atoms with Crippen molar-refractivity contribution in [3.63, 3.8) is 0 Å². The molecule has 6 nitrogen and oxygen atoms in total. The quantitative estimate of drug-likeness (QED) is 0.639. The normalized spacial score (nSPS) is 12.5. The van der Waals surface area contributed by atoms with E-state index in [2.05, 4.69) is 16.5 Å². The van der Waals surface area contributed by atoms with Crippen LogP contribution in [0.4, 0.5) is 0 Å². The minimum Gasteiger partial charge on any atom is -0.383 e. The Bertz CT molecular complexity index is 1020. The van der Waals surface area contributed by atoms with Gasteiger partial charge in [0.15, 0.2) is 5.78 Å². The number of rotatable bonds is 6. The third-order valence-electron chi connectivity index (χ3n) is 4.68. The van der Waals surface area contributed by atoms with Crippen molar-refractivity contribution < 1.29 is 9.53 Å². The van der Waals surface area contributed by atoms with Crippen LogP contribution in [-0.4, -0.2) is 33.6 Å². The molecule has 0 aliphatic heterocycles. The van der Waals surface area contributed by atoms with Crippen LogP contribution in [0.1, 0.15) is 34.7 Å². The van der Waals surface area contributed by atoms with Crippen molar-refractivity contribution in [3.8, 4) is 0 Å². The minimum atomic E-state index is -0.203. The van der Waals surface area contributed by atoms with Crippen LogP contribution in [0, 0.1) is 13.8 Å². The Morgan fingerprint density at radius 2 is 2.00 bits per heavy atom. The molecule has 0 N–H and O–H groups in total. The van der Waals surface area contributed by atoms with Crippen LogP contribution in [0.3, 0.4) is 0 Å². The molecule has 0 saturated heterocycles. The summed E-state index contributed by atoms with van der Waals surface area (Å²) >= 11 is 0. The Kier molecular flexibility index (Phi) is 5.04. The number of Topliss-reactive ketones (excluding diaryl/α,β-unsaturated/α-hetero) is 1. The molecule has 0 spiro atoms. The molecule has 0 amide bonds. The number of methoxy groups -OCH3 is 1. The van der Waals surface area contributed by atoms with E-state index in [1.807, 2.05) is 26.0 Å². The standard InChI is InChI=1S/C20H23N3O3/c1-13-9-17(15(3)23(13)14(2)11-26-4)19(24)10-22-12-21-18-8-6-5-7-16(18)20(22)25/h5-9,12,14H,10-11H2,1-4H3/t14-/m0/s1. The monoisotopic (exact) mass is 353 g/mol. The van der Waals surface area contributed by atoms with Crippen molar-refractivity contribution in [3.05, 3.63) is 64.0 Å². The van der Waals surface area contributed by atoms with E-state index in [0.29, 0.717) is 23.1 Å². The lowest BCUT2D eigenvalue weighted by Crippen LogP contribution is -2.25. The van der Waals surface area contributed by atoms with Crippen molar-refractivity contribution in [2.24, 2.45) is 0 Å². The van der Waals surface area contributed by atoms with E-state index in [-0.39, 0.29) is 23.9 Å². The average molecular weight is 353 g/mol. The van der Waals surface area contributed by atoms with E-state index < -0.39 is 0 Å². The molecule has 0 aliphatic carbocycles. The molecule has 1 aromatic carbocycles. The molecule has 0 bridgehead atoms. The first kappa shape index (κ1) is 18.1. The first-order valence-electron chi connectivity index (χ1n) is 8.58. The van der Waals surface area contributed by atoms with Crippen LogP contribution in [0.5, 0.6) is 0 Å². The van der Waals surface area contributed by atoms with Crippen molar-refractivity contribution >= 4 is 16.7 Å². The molecule has 3 aromatic rings. The Hall–Kier alpha value is -2.73. The number of aromatic nitrogens is 3. The number of ketones is 1. The molecule has 26 heavy (non-hydrogen) atoms. The van der Waals surface area contributed by atoms with Crippen LogP contribution < -0.4 is 5.56 Å². The molecule has 0 unspecified atom stereocenters. The summed E-state index contributed by atoms with van der Waals surface area (Å²) in [5, 5.41) is 0.516. The molecule has 0 saturated carbocycles. The molecule has 3 rings (SSSR count). The van der Waals surface area contributed by atoms with E-state index in [9.17, 15) is 9.59 Å². The number of aryl methyl sites for hydroxylation is 1. The molecule has 2 aromatic heterocycles.